The molecule has 0 unspecified atom stereocenters. The van der Waals surface area contributed by atoms with Crippen LogP contribution in [0.15, 0.2) is 71.3 Å². The average Bonchev–Trinajstić information content (AvgIpc) is 3.52. The Balaban J connectivity index is 1.83. The number of carbonyl (C=O) groups excluding carboxylic acids is 2. The third-order valence-corrected chi connectivity index (χ3v) is 5.94. The molecule has 1 aromatic heterocycles. The minimum atomic E-state index is -0.943. The highest BCUT2D eigenvalue weighted by Crippen LogP contribution is 2.36. The maximum absolute atomic E-state index is 13.7. The predicted octanol–water partition coefficient (Wildman–Crippen LogP) is 5.39. The summed E-state index contributed by atoms with van der Waals surface area (Å²) in [4.78, 5) is 28.8. The van der Waals surface area contributed by atoms with Crippen molar-refractivity contribution in [2.24, 2.45) is 0 Å². The monoisotopic (exact) mass is 452 g/mol. The number of nitrogens with one attached hydrogen (secondary N) is 1. The number of benzene rings is 2. The van der Waals surface area contributed by atoms with Crippen molar-refractivity contribution in [1.82, 2.24) is 5.32 Å². The summed E-state index contributed by atoms with van der Waals surface area (Å²) in [6.45, 7) is 0. The number of amides is 2. The molecule has 0 radical (unpaired) electrons. The zero-order valence-corrected chi connectivity index (χ0v) is 18.5. The Bertz CT molecular complexity index is 1060. The van der Waals surface area contributed by atoms with E-state index in [9.17, 15) is 9.59 Å². The topological polar surface area (TPSA) is 71.8 Å². The van der Waals surface area contributed by atoms with E-state index in [0.717, 1.165) is 25.7 Å². The van der Waals surface area contributed by atoms with Crippen LogP contribution in [-0.2, 0) is 4.79 Å². The van der Waals surface area contributed by atoms with Crippen molar-refractivity contribution >= 4 is 29.1 Å². The number of furan rings is 1. The number of halogens is 1. The van der Waals surface area contributed by atoms with Gasteiger partial charge in [-0.15, -0.1) is 0 Å². The fraction of sp³-hybridized carbons (Fsp3) is 0.280. The maximum atomic E-state index is 13.7. The first kappa shape index (κ1) is 22.0. The minimum Gasteiger partial charge on any atom is -0.495 e. The number of hydrogen-bond donors (Lipinski definition) is 1. The molecule has 166 valence electrons. The van der Waals surface area contributed by atoms with Crippen LogP contribution < -0.4 is 15.0 Å². The highest BCUT2D eigenvalue weighted by Gasteiger charge is 2.37. The van der Waals surface area contributed by atoms with Crippen molar-refractivity contribution in [2.45, 2.75) is 37.8 Å². The van der Waals surface area contributed by atoms with Crippen LogP contribution in [0.25, 0.3) is 0 Å². The summed E-state index contributed by atoms with van der Waals surface area (Å²) < 4.78 is 10.9. The summed E-state index contributed by atoms with van der Waals surface area (Å²) in [7, 11) is 1.53. The van der Waals surface area contributed by atoms with Crippen LogP contribution >= 0.6 is 11.6 Å². The van der Waals surface area contributed by atoms with E-state index in [1.54, 1.807) is 54.6 Å². The smallest absolute Gasteiger partial charge is 0.295 e. The lowest BCUT2D eigenvalue weighted by atomic mass is 10.0. The van der Waals surface area contributed by atoms with Gasteiger partial charge in [0.05, 0.1) is 19.1 Å². The number of ether oxygens (including phenoxy) is 1. The molecule has 32 heavy (non-hydrogen) atoms. The number of rotatable bonds is 7. The van der Waals surface area contributed by atoms with Gasteiger partial charge in [-0.05, 0) is 54.8 Å². The zero-order chi connectivity index (χ0) is 22.5. The SMILES string of the molecule is COc1ccccc1N(C(=O)c1ccco1)[C@@H](C(=O)NC1CCCC1)c1ccc(Cl)cc1. The van der Waals surface area contributed by atoms with Crippen LogP contribution in [0.1, 0.15) is 47.8 Å². The second kappa shape index (κ2) is 9.92. The molecule has 0 bridgehead atoms. The van der Waals surface area contributed by atoms with E-state index in [1.807, 2.05) is 6.07 Å². The number of nitrogens with zero attached hydrogens (tertiary/aromatic N) is 1. The van der Waals surface area contributed by atoms with E-state index in [1.165, 1.54) is 18.3 Å². The fourth-order valence-electron chi connectivity index (χ4n) is 4.13. The molecular formula is C25H25ClN2O4. The molecule has 4 rings (SSSR count). The Morgan fingerprint density at radius 1 is 1.06 bits per heavy atom. The Kier molecular flexibility index (Phi) is 6.81. The zero-order valence-electron chi connectivity index (χ0n) is 17.8. The van der Waals surface area contributed by atoms with Crippen molar-refractivity contribution in [3.63, 3.8) is 0 Å². The van der Waals surface area contributed by atoms with Crippen molar-refractivity contribution in [3.05, 3.63) is 83.3 Å². The van der Waals surface area contributed by atoms with Gasteiger partial charge in [-0.25, -0.2) is 0 Å². The highest BCUT2D eigenvalue weighted by atomic mass is 35.5. The van der Waals surface area contributed by atoms with Crippen LogP contribution in [-0.4, -0.2) is 25.0 Å². The molecule has 2 amide bonds. The molecule has 1 atom stereocenters. The highest BCUT2D eigenvalue weighted by molar-refractivity contribution is 6.30. The molecular weight excluding hydrogens is 428 g/mol. The van der Waals surface area contributed by atoms with Crippen molar-refractivity contribution in [2.75, 3.05) is 12.0 Å². The number of methoxy groups -OCH3 is 1. The van der Waals surface area contributed by atoms with Gasteiger partial charge in [-0.3, -0.25) is 14.5 Å². The van der Waals surface area contributed by atoms with Crippen LogP contribution in [0.4, 0.5) is 5.69 Å². The first-order valence-electron chi connectivity index (χ1n) is 10.6. The number of carbonyl (C=O) groups is 2. The maximum Gasteiger partial charge on any atom is 0.295 e. The van der Waals surface area contributed by atoms with Gasteiger partial charge >= 0.3 is 0 Å². The first-order valence-corrected chi connectivity index (χ1v) is 11.0. The molecule has 1 heterocycles. The molecule has 0 aliphatic heterocycles. The van der Waals surface area contributed by atoms with E-state index < -0.39 is 11.9 Å². The lowest BCUT2D eigenvalue weighted by Gasteiger charge is -2.32. The van der Waals surface area contributed by atoms with Crippen LogP contribution in [0, 0.1) is 0 Å². The summed E-state index contributed by atoms with van der Waals surface area (Å²) in [5, 5.41) is 3.69. The lowest BCUT2D eigenvalue weighted by Crippen LogP contribution is -2.46. The van der Waals surface area contributed by atoms with E-state index >= 15 is 0 Å². The Labute approximate surface area is 192 Å². The summed E-state index contributed by atoms with van der Waals surface area (Å²) in [5.41, 5.74) is 1.11. The minimum absolute atomic E-state index is 0.0931. The van der Waals surface area contributed by atoms with Crippen LogP contribution in [0.2, 0.25) is 5.02 Å². The van der Waals surface area contributed by atoms with Gasteiger partial charge in [0.15, 0.2) is 5.76 Å². The lowest BCUT2D eigenvalue weighted by molar-refractivity contribution is -0.123. The van der Waals surface area contributed by atoms with E-state index in [-0.39, 0.29) is 17.7 Å². The van der Waals surface area contributed by atoms with Gasteiger partial charge in [0.2, 0.25) is 5.91 Å². The molecule has 2 aromatic carbocycles. The van der Waals surface area contributed by atoms with Gasteiger partial charge in [-0.1, -0.05) is 48.7 Å². The van der Waals surface area contributed by atoms with E-state index in [2.05, 4.69) is 5.32 Å². The average molecular weight is 453 g/mol. The summed E-state index contributed by atoms with van der Waals surface area (Å²) in [6, 6.07) is 16.4. The predicted molar refractivity (Wildman–Crippen MR) is 123 cm³/mol. The molecule has 6 nitrogen and oxygen atoms in total. The molecule has 1 N–H and O–H groups in total. The van der Waals surface area contributed by atoms with Crippen molar-refractivity contribution in [1.29, 1.82) is 0 Å². The third kappa shape index (κ3) is 4.65. The van der Waals surface area contributed by atoms with Crippen molar-refractivity contribution < 1.29 is 18.7 Å². The number of para-hydroxylation sites is 2. The van der Waals surface area contributed by atoms with Gasteiger partial charge in [0, 0.05) is 11.1 Å². The molecule has 1 aliphatic carbocycles. The molecule has 0 spiro atoms. The largest absolute Gasteiger partial charge is 0.495 e. The standard InChI is InChI=1S/C25H25ClN2O4/c1-31-21-10-5-4-9-20(21)28(25(30)22-11-6-16-32-22)23(17-12-14-18(26)15-13-17)24(29)27-19-7-2-3-8-19/h4-6,9-16,19,23H,2-3,7-8H2,1H3,(H,27,29)/t23-/m1/s1. The van der Waals surface area contributed by atoms with Gasteiger partial charge in [0.25, 0.3) is 5.91 Å². The van der Waals surface area contributed by atoms with Gasteiger partial charge < -0.3 is 14.5 Å². The molecule has 1 fully saturated rings. The summed E-state index contributed by atoms with van der Waals surface area (Å²) in [5.74, 6) is -0.102. The van der Waals surface area contributed by atoms with Crippen molar-refractivity contribution in [3.8, 4) is 5.75 Å². The Morgan fingerprint density at radius 2 is 1.78 bits per heavy atom. The van der Waals surface area contributed by atoms with E-state index in [0.29, 0.717) is 22.0 Å². The van der Waals surface area contributed by atoms with E-state index in [4.69, 9.17) is 20.8 Å². The molecule has 1 saturated carbocycles. The second-order valence-corrected chi connectivity index (χ2v) is 8.20. The van der Waals surface area contributed by atoms with Gasteiger partial charge in [0.1, 0.15) is 11.8 Å². The summed E-state index contributed by atoms with van der Waals surface area (Å²) >= 11 is 6.11. The Hall–Kier alpha value is -3.25. The number of anilines is 1. The molecule has 3 aromatic rings. The Morgan fingerprint density at radius 3 is 2.44 bits per heavy atom. The van der Waals surface area contributed by atoms with Crippen LogP contribution in [0.3, 0.4) is 0 Å². The summed E-state index contributed by atoms with van der Waals surface area (Å²) in [6.07, 6.45) is 5.46. The second-order valence-electron chi connectivity index (χ2n) is 7.77. The first-order chi connectivity index (χ1) is 15.6. The van der Waals surface area contributed by atoms with Gasteiger partial charge in [-0.2, -0.15) is 0 Å². The molecule has 7 heteroatoms. The fourth-order valence-corrected chi connectivity index (χ4v) is 4.25. The quantitative estimate of drug-likeness (QED) is 0.521. The normalized spacial score (nSPS) is 14.7. The molecule has 0 saturated heterocycles. The van der Waals surface area contributed by atoms with Crippen LogP contribution in [0.5, 0.6) is 5.75 Å². The third-order valence-electron chi connectivity index (χ3n) is 5.69. The number of hydrogen-bond acceptors (Lipinski definition) is 4. The molecule has 1 aliphatic rings.